The zero-order valence-electron chi connectivity index (χ0n) is 12.7. The monoisotopic (exact) mass is 392 g/mol. The molecule has 0 spiro atoms. The molecular formula is C18H18BrClN2O. The van der Waals surface area contributed by atoms with Gasteiger partial charge < -0.3 is 10.2 Å². The predicted octanol–water partition coefficient (Wildman–Crippen LogP) is 5.35. The number of halogens is 2. The van der Waals surface area contributed by atoms with Crippen molar-refractivity contribution in [2.45, 2.75) is 19.3 Å². The number of benzene rings is 2. The van der Waals surface area contributed by atoms with E-state index in [1.807, 2.05) is 36.4 Å². The molecule has 0 unspecified atom stereocenters. The lowest BCUT2D eigenvalue weighted by molar-refractivity contribution is 0.102. The normalized spacial score (nSPS) is 14.6. The molecule has 0 saturated carbocycles. The van der Waals surface area contributed by atoms with Crippen LogP contribution in [-0.2, 0) is 0 Å². The fraction of sp³-hybridized carbons (Fsp3) is 0.278. The van der Waals surface area contributed by atoms with Crippen LogP contribution in [0.25, 0.3) is 0 Å². The molecule has 3 rings (SSSR count). The minimum absolute atomic E-state index is 0.141. The average molecular weight is 394 g/mol. The van der Waals surface area contributed by atoms with Gasteiger partial charge in [0.05, 0.1) is 16.9 Å². The smallest absolute Gasteiger partial charge is 0.256 e. The summed E-state index contributed by atoms with van der Waals surface area (Å²) in [5.74, 6) is -0.141. The van der Waals surface area contributed by atoms with E-state index < -0.39 is 0 Å². The Hall–Kier alpha value is -1.52. The van der Waals surface area contributed by atoms with Crippen molar-refractivity contribution >= 4 is 44.8 Å². The molecule has 0 bridgehead atoms. The van der Waals surface area contributed by atoms with Crippen LogP contribution in [-0.4, -0.2) is 19.0 Å². The van der Waals surface area contributed by atoms with Crippen LogP contribution in [0.4, 0.5) is 11.4 Å². The molecule has 1 saturated heterocycles. The summed E-state index contributed by atoms with van der Waals surface area (Å²) < 4.78 is 0.777. The van der Waals surface area contributed by atoms with Crippen LogP contribution in [0.5, 0.6) is 0 Å². The van der Waals surface area contributed by atoms with Crippen molar-refractivity contribution in [3.63, 3.8) is 0 Å². The third kappa shape index (κ3) is 3.88. The van der Waals surface area contributed by atoms with Crippen LogP contribution in [0.15, 0.2) is 46.9 Å². The van der Waals surface area contributed by atoms with E-state index in [4.69, 9.17) is 11.6 Å². The maximum atomic E-state index is 12.6. The SMILES string of the molecule is O=C(Nc1cc(Cl)ccc1N1CCCCC1)c1ccccc1Br. The van der Waals surface area contributed by atoms with Crippen LogP contribution in [0, 0.1) is 0 Å². The number of nitrogens with one attached hydrogen (secondary N) is 1. The fourth-order valence-electron chi connectivity index (χ4n) is 2.85. The second-order valence-corrected chi connectivity index (χ2v) is 6.93. The molecule has 2 aromatic carbocycles. The molecule has 0 aromatic heterocycles. The Labute approximate surface area is 149 Å². The van der Waals surface area contributed by atoms with E-state index in [1.54, 1.807) is 6.07 Å². The fourth-order valence-corrected chi connectivity index (χ4v) is 3.49. The molecule has 1 aliphatic rings. The molecule has 0 aliphatic carbocycles. The Balaban J connectivity index is 1.88. The van der Waals surface area contributed by atoms with E-state index in [0.717, 1.165) is 28.9 Å². The Morgan fingerprint density at radius 2 is 1.83 bits per heavy atom. The molecule has 1 fully saturated rings. The van der Waals surface area contributed by atoms with E-state index in [1.165, 1.54) is 19.3 Å². The molecule has 23 heavy (non-hydrogen) atoms. The summed E-state index contributed by atoms with van der Waals surface area (Å²) in [5.41, 5.74) is 2.41. The Morgan fingerprint density at radius 3 is 2.57 bits per heavy atom. The first-order chi connectivity index (χ1) is 11.1. The summed E-state index contributed by atoms with van der Waals surface area (Å²) in [7, 11) is 0. The summed E-state index contributed by atoms with van der Waals surface area (Å²) in [4.78, 5) is 14.9. The highest BCUT2D eigenvalue weighted by Crippen LogP contribution is 2.32. The molecule has 5 heteroatoms. The van der Waals surface area contributed by atoms with Gasteiger partial charge in [0, 0.05) is 22.6 Å². The summed E-state index contributed by atoms with van der Waals surface area (Å²) in [6.07, 6.45) is 3.63. The van der Waals surface area contributed by atoms with Crippen molar-refractivity contribution in [1.29, 1.82) is 0 Å². The topological polar surface area (TPSA) is 32.3 Å². The number of hydrogen-bond donors (Lipinski definition) is 1. The first-order valence-electron chi connectivity index (χ1n) is 7.75. The van der Waals surface area contributed by atoms with Crippen LogP contribution in [0.1, 0.15) is 29.6 Å². The molecule has 1 amide bonds. The summed E-state index contributed by atoms with van der Waals surface area (Å²) >= 11 is 9.56. The second-order valence-electron chi connectivity index (χ2n) is 5.64. The van der Waals surface area contributed by atoms with Crippen molar-refractivity contribution in [3.05, 3.63) is 57.5 Å². The van der Waals surface area contributed by atoms with Crippen molar-refractivity contribution in [3.8, 4) is 0 Å². The van der Waals surface area contributed by atoms with Gasteiger partial charge in [0.25, 0.3) is 5.91 Å². The van der Waals surface area contributed by atoms with Crippen molar-refractivity contribution in [1.82, 2.24) is 0 Å². The van der Waals surface area contributed by atoms with Crippen molar-refractivity contribution in [2.24, 2.45) is 0 Å². The number of hydrogen-bond acceptors (Lipinski definition) is 2. The third-order valence-electron chi connectivity index (χ3n) is 4.02. The molecule has 1 N–H and O–H groups in total. The second kappa shape index (κ2) is 7.37. The molecule has 120 valence electrons. The molecular weight excluding hydrogens is 376 g/mol. The zero-order valence-corrected chi connectivity index (χ0v) is 15.0. The lowest BCUT2D eigenvalue weighted by Crippen LogP contribution is -2.30. The van der Waals surface area contributed by atoms with E-state index in [9.17, 15) is 4.79 Å². The van der Waals surface area contributed by atoms with Crippen LogP contribution >= 0.6 is 27.5 Å². The summed E-state index contributed by atoms with van der Waals surface area (Å²) in [6.45, 7) is 2.03. The van der Waals surface area contributed by atoms with Gasteiger partial charge in [-0.2, -0.15) is 0 Å². The lowest BCUT2D eigenvalue weighted by atomic mass is 10.1. The van der Waals surface area contributed by atoms with Gasteiger partial charge in [-0.3, -0.25) is 4.79 Å². The van der Waals surface area contributed by atoms with Gasteiger partial charge in [-0.05, 0) is 65.5 Å². The van der Waals surface area contributed by atoms with Gasteiger partial charge in [-0.25, -0.2) is 0 Å². The molecule has 0 atom stereocenters. The van der Waals surface area contributed by atoms with Gasteiger partial charge in [0.15, 0.2) is 0 Å². The number of rotatable bonds is 3. The maximum absolute atomic E-state index is 12.6. The third-order valence-corrected chi connectivity index (χ3v) is 4.95. The molecule has 1 aliphatic heterocycles. The zero-order chi connectivity index (χ0) is 16.2. The van der Waals surface area contributed by atoms with E-state index in [-0.39, 0.29) is 5.91 Å². The minimum atomic E-state index is -0.141. The van der Waals surface area contributed by atoms with Gasteiger partial charge in [0.2, 0.25) is 0 Å². The summed E-state index contributed by atoms with van der Waals surface area (Å²) in [5, 5.41) is 3.63. The number of carbonyl (C=O) groups excluding carboxylic acids is 1. The predicted molar refractivity (Wildman–Crippen MR) is 99.6 cm³/mol. The number of amides is 1. The van der Waals surface area contributed by atoms with E-state index >= 15 is 0 Å². The average Bonchev–Trinajstić information content (AvgIpc) is 2.56. The number of piperidine rings is 1. The number of carbonyl (C=O) groups is 1. The van der Waals surface area contributed by atoms with Gasteiger partial charge >= 0.3 is 0 Å². The van der Waals surface area contributed by atoms with Crippen LogP contribution < -0.4 is 10.2 Å². The molecule has 2 aromatic rings. The largest absolute Gasteiger partial charge is 0.370 e. The molecule has 1 heterocycles. The minimum Gasteiger partial charge on any atom is -0.370 e. The highest BCUT2D eigenvalue weighted by Gasteiger charge is 2.17. The molecule has 0 radical (unpaired) electrons. The molecule has 3 nitrogen and oxygen atoms in total. The number of anilines is 2. The van der Waals surface area contributed by atoms with E-state index in [0.29, 0.717) is 10.6 Å². The highest BCUT2D eigenvalue weighted by molar-refractivity contribution is 9.10. The quantitative estimate of drug-likeness (QED) is 0.763. The van der Waals surface area contributed by atoms with Crippen molar-refractivity contribution in [2.75, 3.05) is 23.3 Å². The van der Waals surface area contributed by atoms with Crippen molar-refractivity contribution < 1.29 is 4.79 Å². The van der Waals surface area contributed by atoms with E-state index in [2.05, 4.69) is 26.1 Å². The lowest BCUT2D eigenvalue weighted by Gasteiger charge is -2.30. The standard InChI is InChI=1S/C18H18BrClN2O/c19-15-7-3-2-6-14(15)18(23)21-16-12-13(20)8-9-17(16)22-10-4-1-5-11-22/h2-3,6-9,12H,1,4-5,10-11H2,(H,21,23). The highest BCUT2D eigenvalue weighted by atomic mass is 79.9. The van der Waals surface area contributed by atoms with Gasteiger partial charge in [-0.15, -0.1) is 0 Å². The van der Waals surface area contributed by atoms with Crippen LogP contribution in [0.2, 0.25) is 5.02 Å². The first kappa shape index (κ1) is 16.3. The summed E-state index contributed by atoms with van der Waals surface area (Å²) in [6, 6.07) is 13.1. The first-order valence-corrected chi connectivity index (χ1v) is 8.92. The van der Waals surface area contributed by atoms with Gasteiger partial charge in [-0.1, -0.05) is 23.7 Å². The Kier molecular flexibility index (Phi) is 5.23. The maximum Gasteiger partial charge on any atom is 0.256 e. The Bertz CT molecular complexity index is 714. The Morgan fingerprint density at radius 1 is 1.09 bits per heavy atom. The number of nitrogens with zero attached hydrogens (tertiary/aromatic N) is 1. The van der Waals surface area contributed by atoms with Gasteiger partial charge in [0.1, 0.15) is 0 Å². The van der Waals surface area contributed by atoms with Crippen LogP contribution in [0.3, 0.4) is 0 Å².